The molecular formula is C24H17F2N3O. The molecule has 0 radical (unpaired) electrons. The van der Waals surface area contributed by atoms with Crippen LogP contribution in [-0.2, 0) is 0 Å². The van der Waals surface area contributed by atoms with Crippen LogP contribution in [-0.4, -0.2) is 15.9 Å². The summed E-state index contributed by atoms with van der Waals surface area (Å²) in [5.74, 6) is -2.32. The van der Waals surface area contributed by atoms with Crippen molar-refractivity contribution in [1.82, 2.24) is 9.97 Å². The van der Waals surface area contributed by atoms with Gasteiger partial charge in [0, 0.05) is 29.6 Å². The normalized spacial score (nSPS) is 10.6. The number of nitrogens with zero attached hydrogens (tertiary/aromatic N) is 2. The molecule has 0 aliphatic carbocycles. The molecule has 0 bridgehead atoms. The molecule has 6 heteroatoms. The summed E-state index contributed by atoms with van der Waals surface area (Å²) in [6.07, 6.45) is 5.03. The Hall–Kier alpha value is -3.93. The molecule has 2 aromatic carbocycles. The highest BCUT2D eigenvalue weighted by Crippen LogP contribution is 2.28. The highest BCUT2D eigenvalue weighted by molar-refractivity contribution is 6.04. The van der Waals surface area contributed by atoms with Gasteiger partial charge in [-0.15, -0.1) is 0 Å². The van der Waals surface area contributed by atoms with Crippen LogP contribution in [0.1, 0.15) is 15.9 Å². The van der Waals surface area contributed by atoms with E-state index in [1.54, 1.807) is 24.5 Å². The molecule has 0 spiro atoms. The maximum Gasteiger partial charge on any atom is 0.258 e. The van der Waals surface area contributed by atoms with Crippen LogP contribution in [0, 0.1) is 18.6 Å². The second-order valence-electron chi connectivity index (χ2n) is 6.78. The molecule has 4 nitrogen and oxygen atoms in total. The van der Waals surface area contributed by atoms with E-state index in [0.717, 1.165) is 40.1 Å². The van der Waals surface area contributed by atoms with Crippen molar-refractivity contribution < 1.29 is 13.6 Å². The van der Waals surface area contributed by atoms with Gasteiger partial charge in [-0.3, -0.25) is 14.8 Å². The molecule has 0 fully saturated rings. The summed E-state index contributed by atoms with van der Waals surface area (Å²) < 4.78 is 26.8. The van der Waals surface area contributed by atoms with Gasteiger partial charge in [0.05, 0.1) is 23.1 Å². The maximum atomic E-state index is 13.8. The number of nitrogens with one attached hydrogen (secondary N) is 1. The fourth-order valence-electron chi connectivity index (χ4n) is 3.11. The van der Waals surface area contributed by atoms with Crippen LogP contribution in [0.4, 0.5) is 14.5 Å². The lowest BCUT2D eigenvalue weighted by atomic mass is 9.98. The second-order valence-corrected chi connectivity index (χ2v) is 6.78. The summed E-state index contributed by atoms with van der Waals surface area (Å²) in [5, 5.41) is 2.58. The lowest BCUT2D eigenvalue weighted by Gasteiger charge is -2.10. The molecule has 0 unspecified atom stereocenters. The fourth-order valence-corrected chi connectivity index (χ4v) is 3.11. The predicted octanol–water partition coefficient (Wildman–Crippen LogP) is 5.65. The van der Waals surface area contributed by atoms with Crippen LogP contribution in [0.15, 0.2) is 79.3 Å². The van der Waals surface area contributed by atoms with Crippen molar-refractivity contribution in [3.63, 3.8) is 0 Å². The highest BCUT2D eigenvalue weighted by atomic mass is 19.1. The summed E-state index contributed by atoms with van der Waals surface area (Å²) in [4.78, 5) is 20.9. The number of hydrogen-bond donors (Lipinski definition) is 1. The smallest absolute Gasteiger partial charge is 0.258 e. The van der Waals surface area contributed by atoms with E-state index in [1.165, 1.54) is 6.20 Å². The summed E-state index contributed by atoms with van der Waals surface area (Å²) in [7, 11) is 0. The van der Waals surface area contributed by atoms with Gasteiger partial charge >= 0.3 is 0 Å². The summed E-state index contributed by atoms with van der Waals surface area (Å²) in [6, 6.07) is 16.3. The van der Waals surface area contributed by atoms with E-state index < -0.39 is 17.5 Å². The molecule has 0 aliphatic rings. The minimum absolute atomic E-state index is 0.236. The lowest BCUT2D eigenvalue weighted by Crippen LogP contribution is -2.14. The molecule has 4 rings (SSSR count). The number of carbonyl (C=O) groups excluding carboxylic acids is 1. The van der Waals surface area contributed by atoms with Crippen LogP contribution >= 0.6 is 0 Å². The van der Waals surface area contributed by atoms with E-state index in [1.807, 2.05) is 37.3 Å². The van der Waals surface area contributed by atoms with Crippen molar-refractivity contribution in [2.75, 3.05) is 5.32 Å². The van der Waals surface area contributed by atoms with Crippen LogP contribution in [0.2, 0.25) is 0 Å². The van der Waals surface area contributed by atoms with Gasteiger partial charge in [0.1, 0.15) is 11.6 Å². The van der Waals surface area contributed by atoms with E-state index in [4.69, 9.17) is 0 Å². The van der Waals surface area contributed by atoms with E-state index >= 15 is 0 Å². The molecule has 0 aliphatic heterocycles. The molecular weight excluding hydrogens is 384 g/mol. The first-order valence-corrected chi connectivity index (χ1v) is 9.25. The molecule has 1 amide bonds. The summed E-state index contributed by atoms with van der Waals surface area (Å²) >= 11 is 0. The zero-order valence-electron chi connectivity index (χ0n) is 16.1. The summed E-state index contributed by atoms with van der Waals surface area (Å²) in [5.41, 5.74) is 4.95. The first-order chi connectivity index (χ1) is 14.5. The van der Waals surface area contributed by atoms with Crippen LogP contribution in [0.25, 0.3) is 22.4 Å². The predicted molar refractivity (Wildman–Crippen MR) is 112 cm³/mol. The number of anilines is 1. The fraction of sp³-hybridized carbons (Fsp3) is 0.0417. The third kappa shape index (κ3) is 4.07. The van der Waals surface area contributed by atoms with E-state index in [-0.39, 0.29) is 5.56 Å². The van der Waals surface area contributed by atoms with Crippen molar-refractivity contribution in [2.24, 2.45) is 0 Å². The Morgan fingerprint density at radius 3 is 2.50 bits per heavy atom. The molecule has 0 saturated carbocycles. The minimum atomic E-state index is -0.917. The second kappa shape index (κ2) is 8.21. The van der Waals surface area contributed by atoms with Gasteiger partial charge in [0.25, 0.3) is 5.91 Å². The molecule has 2 heterocycles. The van der Waals surface area contributed by atoms with Crippen molar-refractivity contribution in [1.29, 1.82) is 0 Å². The Morgan fingerprint density at radius 1 is 0.933 bits per heavy atom. The van der Waals surface area contributed by atoms with Gasteiger partial charge in [-0.25, -0.2) is 8.78 Å². The zero-order valence-corrected chi connectivity index (χ0v) is 16.1. The van der Waals surface area contributed by atoms with E-state index in [2.05, 4.69) is 15.3 Å². The van der Waals surface area contributed by atoms with Crippen molar-refractivity contribution >= 4 is 11.6 Å². The van der Waals surface area contributed by atoms with Gasteiger partial charge in [-0.2, -0.15) is 0 Å². The number of aryl methyl sites for hydroxylation is 1. The Bertz CT molecular complexity index is 1210. The standard InChI is InChI=1S/C24H17F2N3O/c1-15-4-5-16(17-3-2-10-27-13-17)11-21(15)23-9-7-19(14-28-23)29-24(30)20-8-6-18(25)12-22(20)26/h2-14H,1H3,(H,29,30). The largest absolute Gasteiger partial charge is 0.320 e. The molecule has 0 saturated heterocycles. The molecule has 2 aromatic heterocycles. The molecule has 4 aromatic rings. The summed E-state index contributed by atoms with van der Waals surface area (Å²) in [6.45, 7) is 2.00. The monoisotopic (exact) mass is 401 g/mol. The topological polar surface area (TPSA) is 54.9 Å². The zero-order chi connectivity index (χ0) is 21.1. The Morgan fingerprint density at radius 2 is 1.80 bits per heavy atom. The van der Waals surface area contributed by atoms with Crippen molar-refractivity contribution in [3.05, 3.63) is 102 Å². The number of aromatic nitrogens is 2. The van der Waals surface area contributed by atoms with Gasteiger partial charge in [-0.05, 0) is 54.4 Å². The van der Waals surface area contributed by atoms with Gasteiger partial charge in [0.15, 0.2) is 0 Å². The first-order valence-electron chi connectivity index (χ1n) is 9.25. The van der Waals surface area contributed by atoms with Crippen LogP contribution < -0.4 is 5.32 Å². The number of carbonyl (C=O) groups is 1. The average molecular weight is 401 g/mol. The van der Waals surface area contributed by atoms with Crippen LogP contribution in [0.3, 0.4) is 0 Å². The Kier molecular flexibility index (Phi) is 5.30. The van der Waals surface area contributed by atoms with Crippen molar-refractivity contribution in [3.8, 4) is 22.4 Å². The quantitative estimate of drug-likeness (QED) is 0.481. The lowest BCUT2D eigenvalue weighted by molar-refractivity contribution is 0.102. The van der Waals surface area contributed by atoms with E-state index in [9.17, 15) is 13.6 Å². The first kappa shape index (κ1) is 19.4. The number of benzene rings is 2. The Labute approximate surface area is 172 Å². The highest BCUT2D eigenvalue weighted by Gasteiger charge is 2.13. The van der Waals surface area contributed by atoms with Gasteiger partial charge < -0.3 is 5.32 Å². The number of amides is 1. The SMILES string of the molecule is Cc1ccc(-c2cccnc2)cc1-c1ccc(NC(=O)c2ccc(F)cc2F)cn1. The number of halogens is 2. The molecule has 148 valence electrons. The van der Waals surface area contributed by atoms with Gasteiger partial charge in [-0.1, -0.05) is 18.2 Å². The van der Waals surface area contributed by atoms with Gasteiger partial charge in [0.2, 0.25) is 0 Å². The average Bonchev–Trinajstić information content (AvgIpc) is 2.75. The van der Waals surface area contributed by atoms with Crippen molar-refractivity contribution in [2.45, 2.75) is 6.92 Å². The molecule has 1 N–H and O–H groups in total. The third-order valence-corrected chi connectivity index (χ3v) is 4.71. The number of hydrogen-bond acceptors (Lipinski definition) is 3. The Balaban J connectivity index is 1.57. The third-order valence-electron chi connectivity index (χ3n) is 4.71. The number of pyridine rings is 2. The maximum absolute atomic E-state index is 13.8. The number of rotatable bonds is 4. The molecule has 0 atom stereocenters. The molecule has 30 heavy (non-hydrogen) atoms. The van der Waals surface area contributed by atoms with Crippen LogP contribution in [0.5, 0.6) is 0 Å². The van der Waals surface area contributed by atoms with E-state index in [0.29, 0.717) is 11.8 Å². The minimum Gasteiger partial charge on any atom is -0.320 e.